The summed E-state index contributed by atoms with van der Waals surface area (Å²) >= 11 is 6.11. The number of carbonyl (C=O) groups is 2. The summed E-state index contributed by atoms with van der Waals surface area (Å²) in [7, 11) is 0. The quantitative estimate of drug-likeness (QED) is 0.633. The number of ether oxygens (including phenoxy) is 1. The first-order chi connectivity index (χ1) is 15.6. The minimum absolute atomic E-state index is 0.0135. The Balaban J connectivity index is 1.53. The van der Waals surface area contributed by atoms with Crippen molar-refractivity contribution in [3.63, 3.8) is 0 Å². The van der Waals surface area contributed by atoms with Crippen molar-refractivity contribution in [1.29, 1.82) is 0 Å². The fourth-order valence-corrected chi connectivity index (χ4v) is 5.09. The third-order valence-electron chi connectivity index (χ3n) is 6.63. The number of carbonyl (C=O) groups excluding carboxylic acids is 2. The Morgan fingerprint density at radius 1 is 1.00 bits per heavy atom. The van der Waals surface area contributed by atoms with Crippen LogP contribution in [0.1, 0.15) is 65.7 Å². The van der Waals surface area contributed by atoms with Gasteiger partial charge in [0.2, 0.25) is 0 Å². The van der Waals surface area contributed by atoms with E-state index in [4.69, 9.17) is 16.3 Å². The number of likely N-dealkylation sites (tertiary alicyclic amines) is 1. The second-order valence-electron chi connectivity index (χ2n) is 9.03. The highest BCUT2D eigenvalue weighted by molar-refractivity contribution is 6.30. The number of benzene rings is 2. The van der Waals surface area contributed by atoms with Crippen LogP contribution in [-0.2, 0) is 0 Å². The van der Waals surface area contributed by atoms with E-state index < -0.39 is 0 Å². The van der Waals surface area contributed by atoms with Gasteiger partial charge in [-0.3, -0.25) is 9.59 Å². The van der Waals surface area contributed by atoms with Gasteiger partial charge in [0.25, 0.3) is 11.8 Å². The molecule has 4 rings (SSSR count). The van der Waals surface area contributed by atoms with E-state index >= 15 is 0 Å². The first kappa shape index (κ1) is 22.7. The Morgan fingerprint density at radius 3 is 2.69 bits per heavy atom. The molecular weight excluding hydrogens is 424 g/mol. The second kappa shape index (κ2) is 10.4. The van der Waals surface area contributed by atoms with E-state index in [0.29, 0.717) is 41.6 Å². The number of piperidine rings is 1. The van der Waals surface area contributed by atoms with E-state index in [1.54, 1.807) is 12.1 Å². The lowest BCUT2D eigenvalue weighted by Gasteiger charge is -2.43. The maximum absolute atomic E-state index is 13.2. The van der Waals surface area contributed by atoms with Gasteiger partial charge in [0, 0.05) is 35.6 Å². The number of rotatable bonds is 1. The molecule has 1 N–H and O–H groups in total. The van der Waals surface area contributed by atoms with Crippen molar-refractivity contribution in [2.45, 2.75) is 44.9 Å². The summed E-state index contributed by atoms with van der Waals surface area (Å²) in [6.07, 6.45) is 7.22. The molecule has 1 spiro atoms. The SMILES string of the molecule is O=C1NCC2(CCCCCCOc3ccccc31)CCCN(C(=O)c1cccc(Cl)c1)C2. The topological polar surface area (TPSA) is 58.6 Å². The number of amides is 2. The zero-order valence-electron chi connectivity index (χ0n) is 18.4. The lowest BCUT2D eigenvalue weighted by molar-refractivity contribution is 0.0471. The van der Waals surface area contributed by atoms with Crippen molar-refractivity contribution in [3.05, 3.63) is 64.7 Å². The fraction of sp³-hybridized carbons (Fsp3) is 0.462. The Hall–Kier alpha value is -2.53. The molecule has 2 aliphatic heterocycles. The van der Waals surface area contributed by atoms with Crippen molar-refractivity contribution < 1.29 is 14.3 Å². The van der Waals surface area contributed by atoms with Crippen LogP contribution in [0, 0.1) is 5.41 Å². The zero-order chi connectivity index (χ0) is 22.4. The smallest absolute Gasteiger partial charge is 0.255 e. The summed E-state index contributed by atoms with van der Waals surface area (Å²) in [5, 5.41) is 3.74. The van der Waals surface area contributed by atoms with Crippen LogP contribution in [0.3, 0.4) is 0 Å². The summed E-state index contributed by atoms with van der Waals surface area (Å²) in [5.74, 6) is 0.539. The Kier molecular flexibility index (Phi) is 7.36. The van der Waals surface area contributed by atoms with Crippen molar-refractivity contribution in [1.82, 2.24) is 10.2 Å². The van der Waals surface area contributed by atoms with Gasteiger partial charge < -0.3 is 15.0 Å². The molecule has 5 nitrogen and oxygen atoms in total. The number of halogens is 1. The van der Waals surface area contributed by atoms with Gasteiger partial charge in [-0.1, -0.05) is 49.1 Å². The summed E-state index contributed by atoms with van der Waals surface area (Å²) in [4.78, 5) is 28.2. The molecule has 1 saturated heterocycles. The van der Waals surface area contributed by atoms with E-state index in [1.807, 2.05) is 41.3 Å². The first-order valence-corrected chi connectivity index (χ1v) is 12.0. The number of para-hydroxylation sites is 1. The molecule has 170 valence electrons. The molecule has 0 radical (unpaired) electrons. The van der Waals surface area contributed by atoms with Crippen molar-refractivity contribution in [3.8, 4) is 5.75 Å². The van der Waals surface area contributed by atoms with Crippen LogP contribution in [0.5, 0.6) is 5.75 Å². The van der Waals surface area contributed by atoms with Crippen molar-refractivity contribution in [2.75, 3.05) is 26.2 Å². The summed E-state index contributed by atoms with van der Waals surface area (Å²) in [5.41, 5.74) is 1.07. The van der Waals surface area contributed by atoms with Gasteiger partial charge >= 0.3 is 0 Å². The number of hydrogen-bond donors (Lipinski definition) is 1. The summed E-state index contributed by atoms with van der Waals surface area (Å²) in [6.45, 7) is 2.56. The molecule has 2 aromatic carbocycles. The number of nitrogens with one attached hydrogen (secondary N) is 1. The van der Waals surface area contributed by atoms with Crippen molar-refractivity contribution >= 4 is 23.4 Å². The maximum Gasteiger partial charge on any atom is 0.255 e. The number of nitrogens with zero attached hydrogens (tertiary/aromatic N) is 1. The third kappa shape index (κ3) is 5.44. The molecule has 2 amide bonds. The van der Waals surface area contributed by atoms with E-state index in [0.717, 1.165) is 51.5 Å². The fourth-order valence-electron chi connectivity index (χ4n) is 4.90. The van der Waals surface area contributed by atoms with Crippen molar-refractivity contribution in [2.24, 2.45) is 5.41 Å². The van der Waals surface area contributed by atoms with Gasteiger partial charge in [-0.05, 0) is 56.0 Å². The molecule has 32 heavy (non-hydrogen) atoms. The molecule has 0 aliphatic carbocycles. The Morgan fingerprint density at radius 2 is 1.81 bits per heavy atom. The molecule has 2 heterocycles. The largest absolute Gasteiger partial charge is 0.493 e. The molecule has 1 atom stereocenters. The Bertz CT molecular complexity index is 964. The van der Waals surface area contributed by atoms with Crippen LogP contribution in [0.4, 0.5) is 0 Å². The minimum Gasteiger partial charge on any atom is -0.493 e. The Labute approximate surface area is 195 Å². The highest BCUT2D eigenvalue weighted by Gasteiger charge is 2.37. The number of fused-ring (bicyclic) bond motifs is 1. The predicted molar refractivity (Wildman–Crippen MR) is 126 cm³/mol. The molecule has 6 heteroatoms. The lowest BCUT2D eigenvalue weighted by Crippen LogP contribution is -2.51. The van der Waals surface area contributed by atoms with Crippen LogP contribution in [0.2, 0.25) is 5.02 Å². The second-order valence-corrected chi connectivity index (χ2v) is 9.47. The highest BCUT2D eigenvalue weighted by atomic mass is 35.5. The average Bonchev–Trinajstić information content (AvgIpc) is 2.82. The molecule has 1 fully saturated rings. The lowest BCUT2D eigenvalue weighted by atomic mass is 9.75. The molecule has 0 aromatic heterocycles. The highest BCUT2D eigenvalue weighted by Crippen LogP contribution is 2.36. The van der Waals surface area contributed by atoms with E-state index in [9.17, 15) is 9.59 Å². The molecule has 0 saturated carbocycles. The minimum atomic E-state index is -0.119. The van der Waals surface area contributed by atoms with Gasteiger partial charge in [-0.2, -0.15) is 0 Å². The van der Waals surface area contributed by atoms with Crippen LogP contribution in [-0.4, -0.2) is 43.0 Å². The van der Waals surface area contributed by atoms with Crippen LogP contribution < -0.4 is 10.1 Å². The van der Waals surface area contributed by atoms with Crippen LogP contribution >= 0.6 is 11.6 Å². The molecule has 1 unspecified atom stereocenters. The molecular formula is C26H31ClN2O3. The van der Waals surface area contributed by atoms with Gasteiger partial charge in [0.05, 0.1) is 12.2 Å². The number of hydrogen-bond acceptors (Lipinski definition) is 3. The van der Waals surface area contributed by atoms with E-state index in [1.165, 1.54) is 0 Å². The van der Waals surface area contributed by atoms with E-state index in [2.05, 4.69) is 5.32 Å². The normalized spacial score (nSPS) is 22.5. The van der Waals surface area contributed by atoms with Gasteiger partial charge in [0.15, 0.2) is 0 Å². The maximum atomic E-state index is 13.2. The summed E-state index contributed by atoms with van der Waals surface area (Å²) < 4.78 is 5.89. The van der Waals surface area contributed by atoms with E-state index in [-0.39, 0.29) is 17.2 Å². The van der Waals surface area contributed by atoms with Gasteiger partial charge in [0.1, 0.15) is 5.75 Å². The first-order valence-electron chi connectivity index (χ1n) is 11.6. The monoisotopic (exact) mass is 454 g/mol. The van der Waals surface area contributed by atoms with Gasteiger partial charge in [-0.25, -0.2) is 0 Å². The standard InChI is InChI=1S/C26H31ClN2O3/c27-21-10-7-9-20(17-21)25(31)29-15-8-14-26(19-29)13-5-1-2-6-16-32-23-12-4-3-11-22(23)24(30)28-18-26/h3-4,7,9-12,17H,1-2,5-6,8,13-16,18-19H2,(H,28,30). The zero-order valence-corrected chi connectivity index (χ0v) is 19.2. The average molecular weight is 455 g/mol. The molecule has 2 aliphatic rings. The van der Waals surface area contributed by atoms with Crippen LogP contribution in [0.25, 0.3) is 0 Å². The van der Waals surface area contributed by atoms with Crippen LogP contribution in [0.15, 0.2) is 48.5 Å². The molecule has 0 bridgehead atoms. The predicted octanol–water partition coefficient (Wildman–Crippen LogP) is 5.34. The van der Waals surface area contributed by atoms with Gasteiger partial charge in [-0.15, -0.1) is 0 Å². The molecule has 2 aromatic rings. The summed E-state index contributed by atoms with van der Waals surface area (Å²) in [6, 6.07) is 14.6. The third-order valence-corrected chi connectivity index (χ3v) is 6.87.